The number of hydrogen-bond acceptors (Lipinski definition) is 5. The first-order valence-electron chi connectivity index (χ1n) is 16.6. The van der Waals surface area contributed by atoms with Gasteiger partial charge in [-0.05, 0) is 74.3 Å². The molecule has 0 N–H and O–H groups in total. The second kappa shape index (κ2) is 19.4. The standard InChI is InChI=1S/C36H49F3O5/c1-3-5-7-8-9-10-11-12-13-25-42-32-24-23-30(33(38)34(32)39)35(40)43-28-19-15-26(16-20-28)27-17-21-29(22-18-27)44-36(41)31(37)14-6-4-2/h15-16,19-20,23-24,27,29,31H,3-14,17-18,21-22,25H2,1-2H3/t27?,29?,31-/m0/s1. The predicted molar refractivity (Wildman–Crippen MR) is 166 cm³/mol. The largest absolute Gasteiger partial charge is 0.490 e. The Morgan fingerprint density at radius 1 is 0.773 bits per heavy atom. The maximum absolute atomic E-state index is 14.7. The summed E-state index contributed by atoms with van der Waals surface area (Å²) >= 11 is 0. The molecular formula is C36H49F3O5. The number of carbonyl (C=O) groups excluding carboxylic acids is 2. The second-order valence-electron chi connectivity index (χ2n) is 11.9. The highest BCUT2D eigenvalue weighted by Gasteiger charge is 2.28. The Kier molecular flexibility index (Phi) is 15.6. The average Bonchev–Trinajstić information content (AvgIpc) is 3.03. The number of unbranched alkanes of at least 4 members (excludes halogenated alkanes) is 9. The van der Waals surface area contributed by atoms with Crippen LogP contribution in [0.5, 0.6) is 11.5 Å². The number of esters is 2. The van der Waals surface area contributed by atoms with Crippen molar-refractivity contribution in [2.45, 2.75) is 135 Å². The number of halogens is 3. The van der Waals surface area contributed by atoms with Gasteiger partial charge >= 0.3 is 11.9 Å². The minimum Gasteiger partial charge on any atom is -0.490 e. The Balaban J connectivity index is 1.41. The fraction of sp³-hybridized carbons (Fsp3) is 0.611. The van der Waals surface area contributed by atoms with Gasteiger partial charge in [-0.3, -0.25) is 0 Å². The van der Waals surface area contributed by atoms with E-state index in [9.17, 15) is 22.8 Å². The van der Waals surface area contributed by atoms with Crippen molar-refractivity contribution >= 4 is 11.9 Å². The van der Waals surface area contributed by atoms with Crippen molar-refractivity contribution in [3.05, 3.63) is 59.2 Å². The zero-order valence-corrected chi connectivity index (χ0v) is 26.4. The van der Waals surface area contributed by atoms with Crippen LogP contribution in [0.3, 0.4) is 0 Å². The quantitative estimate of drug-likeness (QED) is 0.0891. The molecule has 0 spiro atoms. The van der Waals surface area contributed by atoms with Crippen LogP contribution < -0.4 is 9.47 Å². The lowest BCUT2D eigenvalue weighted by Crippen LogP contribution is -2.28. The number of benzene rings is 2. The molecular weight excluding hydrogens is 569 g/mol. The van der Waals surface area contributed by atoms with Gasteiger partial charge in [0.05, 0.1) is 12.2 Å². The van der Waals surface area contributed by atoms with Crippen LogP contribution in [0.4, 0.5) is 13.2 Å². The predicted octanol–water partition coefficient (Wildman–Crippen LogP) is 10.2. The lowest BCUT2D eigenvalue weighted by atomic mass is 9.83. The Hall–Kier alpha value is -3.03. The van der Waals surface area contributed by atoms with Crippen LogP contribution in [0.2, 0.25) is 0 Å². The van der Waals surface area contributed by atoms with E-state index in [-0.39, 0.29) is 36.5 Å². The molecule has 0 radical (unpaired) electrons. The normalized spacial score (nSPS) is 17.2. The van der Waals surface area contributed by atoms with Gasteiger partial charge in [-0.15, -0.1) is 0 Å². The van der Waals surface area contributed by atoms with Crippen LogP contribution in [0.25, 0.3) is 0 Å². The Labute approximate surface area is 260 Å². The van der Waals surface area contributed by atoms with Crippen molar-refractivity contribution in [2.75, 3.05) is 6.61 Å². The molecule has 244 valence electrons. The zero-order valence-electron chi connectivity index (χ0n) is 26.4. The number of alkyl halides is 1. The number of ether oxygens (including phenoxy) is 3. The molecule has 2 aromatic carbocycles. The Morgan fingerprint density at radius 3 is 2.02 bits per heavy atom. The third kappa shape index (κ3) is 11.5. The molecule has 1 aliphatic carbocycles. The maximum atomic E-state index is 14.7. The van der Waals surface area contributed by atoms with Gasteiger partial charge in [0.15, 0.2) is 17.7 Å². The van der Waals surface area contributed by atoms with Gasteiger partial charge in [-0.25, -0.2) is 18.4 Å². The molecule has 1 aliphatic rings. The van der Waals surface area contributed by atoms with Gasteiger partial charge in [0.25, 0.3) is 0 Å². The summed E-state index contributed by atoms with van der Waals surface area (Å²) in [5, 5.41) is 0. The van der Waals surface area contributed by atoms with Crippen LogP contribution in [-0.4, -0.2) is 30.8 Å². The monoisotopic (exact) mass is 618 g/mol. The molecule has 1 fully saturated rings. The molecule has 0 aromatic heterocycles. The van der Waals surface area contributed by atoms with Crippen LogP contribution in [0.1, 0.15) is 138 Å². The minimum atomic E-state index is -1.56. The van der Waals surface area contributed by atoms with Gasteiger partial charge in [0, 0.05) is 0 Å². The maximum Gasteiger partial charge on any atom is 0.346 e. The summed E-state index contributed by atoms with van der Waals surface area (Å²) in [4.78, 5) is 24.6. The third-order valence-corrected chi connectivity index (χ3v) is 8.36. The van der Waals surface area contributed by atoms with Crippen LogP contribution in [0.15, 0.2) is 36.4 Å². The molecule has 44 heavy (non-hydrogen) atoms. The first-order chi connectivity index (χ1) is 21.3. The van der Waals surface area contributed by atoms with Crippen molar-refractivity contribution < 1.29 is 37.0 Å². The van der Waals surface area contributed by atoms with Crippen LogP contribution in [0, 0.1) is 11.6 Å². The highest BCUT2D eigenvalue weighted by molar-refractivity contribution is 5.91. The molecule has 3 rings (SSSR count). The molecule has 0 unspecified atom stereocenters. The fourth-order valence-electron chi connectivity index (χ4n) is 5.62. The smallest absolute Gasteiger partial charge is 0.346 e. The van der Waals surface area contributed by atoms with E-state index in [1.165, 1.54) is 50.7 Å². The van der Waals surface area contributed by atoms with E-state index in [4.69, 9.17) is 14.2 Å². The van der Waals surface area contributed by atoms with E-state index in [1.807, 2.05) is 19.1 Å². The van der Waals surface area contributed by atoms with E-state index in [1.54, 1.807) is 12.1 Å². The SMILES string of the molecule is CCCCCCCCCCCOc1ccc(C(=O)Oc2ccc(C3CCC(OC(=O)[C@@H](F)CCCC)CC3)cc2)c(F)c1F. The number of hydrogen-bond donors (Lipinski definition) is 0. The lowest BCUT2D eigenvalue weighted by Gasteiger charge is -2.29. The van der Waals surface area contributed by atoms with E-state index in [0.717, 1.165) is 44.1 Å². The first kappa shape index (κ1) is 35.4. The average molecular weight is 619 g/mol. The van der Waals surface area contributed by atoms with Crippen molar-refractivity contribution in [2.24, 2.45) is 0 Å². The summed E-state index contributed by atoms with van der Waals surface area (Å²) < 4.78 is 59.4. The van der Waals surface area contributed by atoms with Gasteiger partial charge < -0.3 is 14.2 Å². The molecule has 5 nitrogen and oxygen atoms in total. The summed E-state index contributed by atoms with van der Waals surface area (Å²) in [6.45, 7) is 4.43. The molecule has 0 amide bonds. The molecule has 0 heterocycles. The number of rotatable bonds is 19. The topological polar surface area (TPSA) is 61.8 Å². The zero-order chi connectivity index (χ0) is 31.7. The summed E-state index contributed by atoms with van der Waals surface area (Å²) in [7, 11) is 0. The summed E-state index contributed by atoms with van der Waals surface area (Å²) in [6.07, 6.45) is 13.0. The van der Waals surface area contributed by atoms with Crippen molar-refractivity contribution in [1.29, 1.82) is 0 Å². The van der Waals surface area contributed by atoms with Crippen molar-refractivity contribution in [3.8, 4) is 11.5 Å². The third-order valence-electron chi connectivity index (χ3n) is 8.36. The Morgan fingerprint density at radius 2 is 1.39 bits per heavy atom. The van der Waals surface area contributed by atoms with Crippen molar-refractivity contribution in [1.82, 2.24) is 0 Å². The molecule has 1 saturated carbocycles. The van der Waals surface area contributed by atoms with Gasteiger partial charge in [0.1, 0.15) is 11.9 Å². The van der Waals surface area contributed by atoms with E-state index >= 15 is 0 Å². The van der Waals surface area contributed by atoms with Gasteiger partial charge in [0.2, 0.25) is 5.82 Å². The van der Waals surface area contributed by atoms with Crippen LogP contribution in [-0.2, 0) is 9.53 Å². The number of carbonyl (C=O) groups is 2. The van der Waals surface area contributed by atoms with E-state index in [2.05, 4.69) is 6.92 Å². The highest BCUT2D eigenvalue weighted by Crippen LogP contribution is 2.35. The van der Waals surface area contributed by atoms with Gasteiger partial charge in [-0.2, -0.15) is 4.39 Å². The first-order valence-corrected chi connectivity index (χ1v) is 16.6. The summed E-state index contributed by atoms with van der Waals surface area (Å²) in [5.41, 5.74) is 0.534. The lowest BCUT2D eigenvalue weighted by molar-refractivity contribution is -0.157. The molecule has 0 saturated heterocycles. The van der Waals surface area contributed by atoms with Crippen molar-refractivity contribution in [3.63, 3.8) is 0 Å². The molecule has 1 atom stereocenters. The summed E-state index contributed by atoms with van der Waals surface area (Å²) in [5.74, 6) is -4.02. The highest BCUT2D eigenvalue weighted by atomic mass is 19.2. The minimum absolute atomic E-state index is 0.197. The fourth-order valence-corrected chi connectivity index (χ4v) is 5.62. The molecule has 0 bridgehead atoms. The van der Waals surface area contributed by atoms with Crippen LogP contribution >= 0.6 is 0 Å². The molecule has 0 aliphatic heterocycles. The Bertz CT molecular complexity index is 1150. The summed E-state index contributed by atoms with van der Waals surface area (Å²) in [6, 6.07) is 9.36. The second-order valence-corrected chi connectivity index (χ2v) is 11.9. The van der Waals surface area contributed by atoms with E-state index in [0.29, 0.717) is 19.3 Å². The molecule has 2 aromatic rings. The van der Waals surface area contributed by atoms with Gasteiger partial charge in [-0.1, -0.05) is 90.2 Å². The molecule has 8 heteroatoms. The van der Waals surface area contributed by atoms with E-state index < -0.39 is 35.3 Å².